The summed E-state index contributed by atoms with van der Waals surface area (Å²) in [5, 5.41) is 4.68. The molecule has 2 heterocycles. The minimum atomic E-state index is -0.118. The van der Waals surface area contributed by atoms with Crippen LogP contribution in [0.3, 0.4) is 0 Å². The second-order valence-electron chi connectivity index (χ2n) is 3.81. The zero-order valence-electron chi connectivity index (χ0n) is 9.63. The Balaban J connectivity index is 2.29. The van der Waals surface area contributed by atoms with Gasteiger partial charge in [0.2, 0.25) is 0 Å². The molecule has 0 amide bonds. The third-order valence-corrected chi connectivity index (χ3v) is 4.53. The molecule has 0 spiro atoms. The topological polar surface area (TPSA) is 34.9 Å². The van der Waals surface area contributed by atoms with Crippen LogP contribution in [0.25, 0.3) is 0 Å². The maximum absolute atomic E-state index is 12.1. The predicted octanol–water partition coefficient (Wildman–Crippen LogP) is 4.18. The molecule has 0 fully saturated rings. The summed E-state index contributed by atoms with van der Waals surface area (Å²) in [7, 11) is 1.75. The van der Waals surface area contributed by atoms with Gasteiger partial charge in [0.25, 0.3) is 0 Å². The maximum Gasteiger partial charge on any atom is 0.171 e. The van der Waals surface area contributed by atoms with Gasteiger partial charge >= 0.3 is 0 Å². The maximum atomic E-state index is 12.1. The highest BCUT2D eigenvalue weighted by Crippen LogP contribution is 2.32. The lowest BCUT2D eigenvalue weighted by atomic mass is 10.1. The number of carbonyl (C=O) groups excluding carboxylic acids is 1. The minimum Gasteiger partial charge on any atom is -0.294 e. The van der Waals surface area contributed by atoms with Crippen molar-refractivity contribution in [3.63, 3.8) is 0 Å². The lowest BCUT2D eigenvalue weighted by Crippen LogP contribution is -2.07. The third-order valence-electron chi connectivity index (χ3n) is 2.55. The van der Waals surface area contributed by atoms with Crippen LogP contribution in [0.2, 0.25) is 13.7 Å². The van der Waals surface area contributed by atoms with Gasteiger partial charge in [0, 0.05) is 12.6 Å². The van der Waals surface area contributed by atoms with E-state index in [1.165, 1.54) is 11.3 Å². The number of nitrogens with zero attached hydrogens (tertiary/aromatic N) is 2. The zero-order valence-corrected chi connectivity index (χ0v) is 12.7. The van der Waals surface area contributed by atoms with Gasteiger partial charge in [-0.25, -0.2) is 0 Å². The molecular formula is C11H9Cl3N2OS. The van der Waals surface area contributed by atoms with Gasteiger partial charge in [0.1, 0.15) is 4.34 Å². The fraction of sp³-hybridized carbons (Fsp3) is 0.273. The predicted molar refractivity (Wildman–Crippen MR) is 75.3 cm³/mol. The molecule has 0 radical (unpaired) electrons. The van der Waals surface area contributed by atoms with E-state index in [9.17, 15) is 4.79 Å². The number of thiophene rings is 1. The minimum absolute atomic E-state index is 0.118. The van der Waals surface area contributed by atoms with Gasteiger partial charge in [-0.15, -0.1) is 11.3 Å². The van der Waals surface area contributed by atoms with Crippen LogP contribution < -0.4 is 0 Å². The van der Waals surface area contributed by atoms with E-state index in [0.29, 0.717) is 30.6 Å². The van der Waals surface area contributed by atoms with Crippen molar-refractivity contribution in [3.8, 4) is 0 Å². The molecule has 0 aliphatic carbocycles. The number of ketones is 1. The SMILES string of the molecule is Cc1nn(C)c(CC(=O)c2cc(Cl)sc2Cl)c1Cl. The Morgan fingerprint density at radius 1 is 1.44 bits per heavy atom. The van der Waals surface area contributed by atoms with E-state index < -0.39 is 0 Å². The highest BCUT2D eigenvalue weighted by molar-refractivity contribution is 7.20. The molecule has 0 aliphatic heterocycles. The number of halogens is 3. The summed E-state index contributed by atoms with van der Waals surface area (Å²) < 4.78 is 2.51. The molecule has 96 valence electrons. The number of aromatic nitrogens is 2. The van der Waals surface area contributed by atoms with Gasteiger partial charge in [-0.2, -0.15) is 5.10 Å². The van der Waals surface area contributed by atoms with Crippen molar-refractivity contribution in [2.45, 2.75) is 13.3 Å². The molecule has 3 nitrogen and oxygen atoms in total. The first-order chi connectivity index (χ1) is 8.40. The van der Waals surface area contributed by atoms with Crippen LogP contribution in [0, 0.1) is 6.92 Å². The summed E-state index contributed by atoms with van der Waals surface area (Å²) in [4.78, 5) is 12.1. The van der Waals surface area contributed by atoms with Crippen LogP contribution in [0.1, 0.15) is 21.7 Å². The molecule has 0 bridgehead atoms. The first-order valence-electron chi connectivity index (χ1n) is 5.06. The Morgan fingerprint density at radius 3 is 2.56 bits per heavy atom. The average Bonchev–Trinajstić information content (AvgIpc) is 2.73. The van der Waals surface area contributed by atoms with Crippen molar-refractivity contribution in [1.29, 1.82) is 0 Å². The number of Topliss-reactive ketones (excluding diaryl/α,β-unsaturated/α-hetero) is 1. The van der Waals surface area contributed by atoms with Gasteiger partial charge in [-0.1, -0.05) is 34.8 Å². The van der Waals surface area contributed by atoms with Crippen molar-refractivity contribution in [1.82, 2.24) is 9.78 Å². The number of carbonyl (C=O) groups is 1. The molecule has 0 saturated heterocycles. The van der Waals surface area contributed by atoms with Crippen molar-refractivity contribution in [2.24, 2.45) is 7.05 Å². The average molecular weight is 324 g/mol. The van der Waals surface area contributed by atoms with Crippen LogP contribution in [0.5, 0.6) is 0 Å². The Bertz CT molecular complexity index is 618. The summed E-state index contributed by atoms with van der Waals surface area (Å²) >= 11 is 19.0. The van der Waals surface area contributed by atoms with Crippen LogP contribution in [-0.4, -0.2) is 15.6 Å². The second kappa shape index (κ2) is 5.21. The van der Waals surface area contributed by atoms with E-state index in [-0.39, 0.29) is 12.2 Å². The quantitative estimate of drug-likeness (QED) is 0.794. The molecule has 0 aliphatic rings. The molecule has 2 aromatic rings. The lowest BCUT2D eigenvalue weighted by Gasteiger charge is -2.01. The summed E-state index contributed by atoms with van der Waals surface area (Å²) in [6.45, 7) is 1.80. The van der Waals surface area contributed by atoms with Crippen LogP contribution in [0.15, 0.2) is 6.07 Å². The van der Waals surface area contributed by atoms with Gasteiger partial charge in [0.15, 0.2) is 5.78 Å². The molecule has 0 unspecified atom stereocenters. The summed E-state index contributed by atoms with van der Waals surface area (Å²) in [5.41, 5.74) is 1.82. The Morgan fingerprint density at radius 2 is 2.11 bits per heavy atom. The van der Waals surface area contributed by atoms with Gasteiger partial charge in [0.05, 0.1) is 27.2 Å². The molecule has 2 rings (SSSR count). The van der Waals surface area contributed by atoms with Crippen LogP contribution >= 0.6 is 46.1 Å². The standard InChI is InChI=1S/C11H9Cl3N2OS/c1-5-10(13)7(16(2)15-5)4-8(17)6-3-9(12)18-11(6)14/h3H,4H2,1-2H3. The smallest absolute Gasteiger partial charge is 0.171 e. The van der Waals surface area contributed by atoms with E-state index in [4.69, 9.17) is 34.8 Å². The third kappa shape index (κ3) is 2.57. The molecule has 7 heteroatoms. The van der Waals surface area contributed by atoms with E-state index in [2.05, 4.69) is 5.10 Å². The first-order valence-corrected chi connectivity index (χ1v) is 7.01. The van der Waals surface area contributed by atoms with Crippen molar-refractivity contribution in [2.75, 3.05) is 0 Å². The molecule has 18 heavy (non-hydrogen) atoms. The monoisotopic (exact) mass is 322 g/mol. The fourth-order valence-corrected chi connectivity index (χ4v) is 3.38. The lowest BCUT2D eigenvalue weighted by molar-refractivity contribution is 0.0991. The van der Waals surface area contributed by atoms with Gasteiger partial charge in [-0.05, 0) is 13.0 Å². The first kappa shape index (κ1) is 13.9. The van der Waals surface area contributed by atoms with E-state index in [1.807, 2.05) is 0 Å². The summed E-state index contributed by atoms with van der Waals surface area (Å²) in [5.74, 6) is -0.118. The van der Waals surface area contributed by atoms with Crippen molar-refractivity contribution in [3.05, 3.63) is 36.7 Å². The van der Waals surface area contributed by atoms with Gasteiger partial charge < -0.3 is 0 Å². The molecule has 0 atom stereocenters. The number of hydrogen-bond acceptors (Lipinski definition) is 3. The van der Waals surface area contributed by atoms with E-state index in [1.54, 1.807) is 24.7 Å². The largest absolute Gasteiger partial charge is 0.294 e. The van der Waals surface area contributed by atoms with Crippen LogP contribution in [-0.2, 0) is 13.5 Å². The van der Waals surface area contributed by atoms with E-state index in [0.717, 1.165) is 0 Å². The molecule has 2 aromatic heterocycles. The Kier molecular flexibility index (Phi) is 4.02. The Labute approximate surface area is 123 Å². The zero-order chi connectivity index (χ0) is 13.4. The normalized spacial score (nSPS) is 10.9. The van der Waals surface area contributed by atoms with Crippen molar-refractivity contribution >= 4 is 51.9 Å². The van der Waals surface area contributed by atoms with E-state index >= 15 is 0 Å². The van der Waals surface area contributed by atoms with Crippen LogP contribution in [0.4, 0.5) is 0 Å². The number of rotatable bonds is 3. The summed E-state index contributed by atoms with van der Waals surface area (Å²) in [6.07, 6.45) is 0.156. The summed E-state index contributed by atoms with van der Waals surface area (Å²) in [6, 6.07) is 1.58. The molecular weight excluding hydrogens is 315 g/mol. The second-order valence-corrected chi connectivity index (χ2v) is 6.47. The number of hydrogen-bond donors (Lipinski definition) is 0. The van der Waals surface area contributed by atoms with Crippen molar-refractivity contribution < 1.29 is 4.79 Å². The Hall–Kier alpha value is -0.550. The number of aryl methyl sites for hydroxylation is 2. The fourth-order valence-electron chi connectivity index (χ4n) is 1.65. The molecule has 0 saturated carbocycles. The highest BCUT2D eigenvalue weighted by atomic mass is 35.5. The highest BCUT2D eigenvalue weighted by Gasteiger charge is 2.19. The molecule has 0 aromatic carbocycles. The van der Waals surface area contributed by atoms with Gasteiger partial charge in [-0.3, -0.25) is 9.48 Å². The molecule has 0 N–H and O–H groups in total.